The molecule has 2 fully saturated rings. The molecule has 0 saturated carbocycles. The van der Waals surface area contributed by atoms with Gasteiger partial charge in [-0.05, 0) is 47.7 Å². The molecular weight excluding hydrogens is 456 g/mol. The normalized spacial score (nSPS) is 23.8. The number of ether oxygens (including phenoxy) is 2. The number of likely N-dealkylation sites (tertiary alicyclic amines) is 1. The molecule has 1 amide bonds. The van der Waals surface area contributed by atoms with E-state index in [0.717, 1.165) is 36.4 Å². The second-order valence-corrected chi connectivity index (χ2v) is 10.2. The van der Waals surface area contributed by atoms with E-state index in [1.165, 1.54) is 5.56 Å². The lowest BCUT2D eigenvalue weighted by Gasteiger charge is -2.31. The number of rotatable bonds is 6. The number of hydrogen-bond acceptors (Lipinski definition) is 6. The Hall–Kier alpha value is -3.16. The topological polar surface area (TPSA) is 79.3 Å². The van der Waals surface area contributed by atoms with Gasteiger partial charge in [0.2, 0.25) is 0 Å². The highest BCUT2D eigenvalue weighted by Gasteiger charge is 2.46. The van der Waals surface area contributed by atoms with Gasteiger partial charge in [0.05, 0.1) is 24.8 Å². The lowest BCUT2D eigenvalue weighted by atomic mass is 9.92. The smallest absolute Gasteiger partial charge is 0.295 e. The number of Topliss-reactive ketones (excluding diaryl/α,β-unsaturated/α-hetero) is 1. The van der Waals surface area contributed by atoms with Crippen LogP contribution in [0.15, 0.2) is 48.0 Å². The Bertz CT molecular complexity index is 1180. The molecule has 3 heterocycles. The largest absolute Gasteiger partial charge is 0.507 e. The molecule has 190 valence electrons. The predicted molar refractivity (Wildman–Crippen MR) is 137 cm³/mol. The maximum absolute atomic E-state index is 13.4. The Balaban J connectivity index is 1.53. The third-order valence-corrected chi connectivity index (χ3v) is 7.39. The summed E-state index contributed by atoms with van der Waals surface area (Å²) in [6.07, 6.45) is 0.812. The van der Waals surface area contributed by atoms with E-state index in [9.17, 15) is 14.7 Å². The highest BCUT2D eigenvalue weighted by atomic mass is 16.5. The summed E-state index contributed by atoms with van der Waals surface area (Å²) in [5, 5.41) is 11.4. The number of ketones is 1. The van der Waals surface area contributed by atoms with Crippen LogP contribution in [0.5, 0.6) is 5.75 Å². The molecule has 0 unspecified atom stereocenters. The number of fused-ring (bicyclic) bond motifs is 1. The highest BCUT2D eigenvalue weighted by Crippen LogP contribution is 2.40. The molecule has 2 atom stereocenters. The zero-order valence-electron chi connectivity index (χ0n) is 21.2. The molecule has 0 aliphatic carbocycles. The van der Waals surface area contributed by atoms with E-state index in [-0.39, 0.29) is 17.4 Å². The molecule has 0 bridgehead atoms. The first-order chi connectivity index (χ1) is 17.3. The van der Waals surface area contributed by atoms with Crippen LogP contribution >= 0.6 is 0 Å². The van der Waals surface area contributed by atoms with Crippen LogP contribution in [0, 0.1) is 0 Å². The third kappa shape index (κ3) is 4.65. The first-order valence-corrected chi connectivity index (χ1v) is 12.8. The van der Waals surface area contributed by atoms with Crippen LogP contribution in [0.4, 0.5) is 0 Å². The molecule has 0 spiro atoms. The summed E-state index contributed by atoms with van der Waals surface area (Å²) in [5.74, 6) is -0.186. The second kappa shape index (κ2) is 10.1. The summed E-state index contributed by atoms with van der Waals surface area (Å²) in [5.41, 5.74) is 3.66. The van der Waals surface area contributed by atoms with Gasteiger partial charge in [-0.15, -0.1) is 0 Å². The van der Waals surface area contributed by atoms with Gasteiger partial charge in [0.1, 0.15) is 17.6 Å². The van der Waals surface area contributed by atoms with E-state index in [0.29, 0.717) is 37.8 Å². The first-order valence-electron chi connectivity index (χ1n) is 12.8. The molecule has 7 nitrogen and oxygen atoms in total. The fourth-order valence-corrected chi connectivity index (χ4v) is 5.32. The second-order valence-electron chi connectivity index (χ2n) is 10.2. The number of amides is 1. The molecular formula is C29H34N2O5. The number of morpholine rings is 1. The Morgan fingerprint density at radius 2 is 1.78 bits per heavy atom. The van der Waals surface area contributed by atoms with Crippen molar-refractivity contribution >= 4 is 17.4 Å². The van der Waals surface area contributed by atoms with E-state index in [4.69, 9.17) is 9.47 Å². The minimum Gasteiger partial charge on any atom is -0.507 e. The molecule has 2 aromatic rings. The number of carbonyl (C=O) groups excluding carboxylic acids is 2. The van der Waals surface area contributed by atoms with Crippen molar-refractivity contribution in [3.05, 3.63) is 70.3 Å². The van der Waals surface area contributed by atoms with Crippen molar-refractivity contribution < 1.29 is 24.2 Å². The third-order valence-electron chi connectivity index (χ3n) is 7.39. The molecule has 5 rings (SSSR count). The Morgan fingerprint density at radius 1 is 1.06 bits per heavy atom. The van der Waals surface area contributed by atoms with Crippen LogP contribution < -0.4 is 4.74 Å². The van der Waals surface area contributed by atoms with E-state index in [2.05, 4.69) is 18.7 Å². The number of aliphatic hydroxyl groups excluding tert-OH is 1. The summed E-state index contributed by atoms with van der Waals surface area (Å²) in [4.78, 5) is 30.5. The SMILES string of the molecule is CC(C)c1ccc([C@@H]2/C(=C(\O)c3ccc4c(c3)C[C@@H](C)O4)C(=O)C(=O)N2CCN2CCOCC2)cc1. The van der Waals surface area contributed by atoms with Gasteiger partial charge in [-0.2, -0.15) is 0 Å². The summed E-state index contributed by atoms with van der Waals surface area (Å²) >= 11 is 0. The molecule has 2 saturated heterocycles. The van der Waals surface area contributed by atoms with E-state index < -0.39 is 17.7 Å². The maximum atomic E-state index is 13.4. The average Bonchev–Trinajstić information content (AvgIpc) is 3.38. The average molecular weight is 491 g/mol. The quantitative estimate of drug-likeness (QED) is 0.376. The van der Waals surface area contributed by atoms with Gasteiger partial charge in [-0.25, -0.2) is 0 Å². The molecule has 0 radical (unpaired) electrons. The fourth-order valence-electron chi connectivity index (χ4n) is 5.32. The van der Waals surface area contributed by atoms with Crippen molar-refractivity contribution in [2.24, 2.45) is 0 Å². The molecule has 2 aromatic carbocycles. The summed E-state index contributed by atoms with van der Waals surface area (Å²) in [6.45, 7) is 10.2. The van der Waals surface area contributed by atoms with Gasteiger partial charge in [-0.3, -0.25) is 14.5 Å². The predicted octanol–water partition coefficient (Wildman–Crippen LogP) is 3.89. The molecule has 7 heteroatoms. The van der Waals surface area contributed by atoms with Gasteiger partial charge in [0.25, 0.3) is 11.7 Å². The number of aliphatic hydroxyl groups is 1. The summed E-state index contributed by atoms with van der Waals surface area (Å²) < 4.78 is 11.2. The Kier molecular flexibility index (Phi) is 6.86. The van der Waals surface area contributed by atoms with E-state index in [1.54, 1.807) is 11.0 Å². The standard InChI is InChI=1S/C29H34N2O5/c1-18(2)20-4-6-21(7-5-20)26-25(27(32)22-8-9-24-23(17-22)16-19(3)36-24)28(33)29(34)31(26)11-10-30-12-14-35-15-13-30/h4-9,17-19,26,32H,10-16H2,1-3H3/b27-25+/t19-,26-/m1/s1. The Morgan fingerprint density at radius 3 is 2.47 bits per heavy atom. The van der Waals surface area contributed by atoms with Crippen molar-refractivity contribution in [1.82, 2.24) is 9.80 Å². The van der Waals surface area contributed by atoms with Crippen LogP contribution in [0.2, 0.25) is 0 Å². The first kappa shape index (κ1) is 24.5. The molecule has 0 aromatic heterocycles. The lowest BCUT2D eigenvalue weighted by Crippen LogP contribution is -2.42. The van der Waals surface area contributed by atoms with Crippen molar-refractivity contribution in [2.75, 3.05) is 39.4 Å². The molecule has 36 heavy (non-hydrogen) atoms. The minimum atomic E-state index is -0.643. The van der Waals surface area contributed by atoms with Crippen LogP contribution in [0.25, 0.3) is 5.76 Å². The zero-order valence-corrected chi connectivity index (χ0v) is 21.2. The van der Waals surface area contributed by atoms with E-state index in [1.807, 2.05) is 43.3 Å². The van der Waals surface area contributed by atoms with Gasteiger partial charge < -0.3 is 19.5 Å². The van der Waals surface area contributed by atoms with Crippen LogP contribution in [0.1, 0.15) is 55.0 Å². The van der Waals surface area contributed by atoms with Gasteiger partial charge in [0, 0.05) is 38.2 Å². The number of nitrogens with zero attached hydrogens (tertiary/aromatic N) is 2. The molecule has 1 N–H and O–H groups in total. The summed E-state index contributed by atoms with van der Waals surface area (Å²) in [6, 6.07) is 12.8. The van der Waals surface area contributed by atoms with Crippen LogP contribution in [-0.2, 0) is 20.7 Å². The van der Waals surface area contributed by atoms with Crippen molar-refractivity contribution in [1.29, 1.82) is 0 Å². The van der Waals surface area contributed by atoms with Gasteiger partial charge in [-0.1, -0.05) is 38.1 Å². The number of hydrogen-bond donors (Lipinski definition) is 1. The van der Waals surface area contributed by atoms with Crippen molar-refractivity contribution in [3.63, 3.8) is 0 Å². The summed E-state index contributed by atoms with van der Waals surface area (Å²) in [7, 11) is 0. The molecule has 3 aliphatic heterocycles. The van der Waals surface area contributed by atoms with Crippen LogP contribution in [0.3, 0.4) is 0 Å². The fraction of sp³-hybridized carbons (Fsp3) is 0.448. The van der Waals surface area contributed by atoms with Crippen LogP contribution in [-0.4, -0.2) is 72.1 Å². The lowest BCUT2D eigenvalue weighted by molar-refractivity contribution is -0.140. The molecule has 3 aliphatic rings. The monoisotopic (exact) mass is 490 g/mol. The number of benzene rings is 2. The van der Waals surface area contributed by atoms with Gasteiger partial charge >= 0.3 is 0 Å². The number of carbonyl (C=O) groups is 2. The van der Waals surface area contributed by atoms with Gasteiger partial charge in [0.15, 0.2) is 0 Å². The highest BCUT2D eigenvalue weighted by molar-refractivity contribution is 6.46. The van der Waals surface area contributed by atoms with Crippen molar-refractivity contribution in [3.8, 4) is 5.75 Å². The van der Waals surface area contributed by atoms with Crippen molar-refractivity contribution in [2.45, 2.75) is 45.3 Å². The Labute approximate surface area is 212 Å². The maximum Gasteiger partial charge on any atom is 0.295 e. The van der Waals surface area contributed by atoms with E-state index >= 15 is 0 Å². The minimum absolute atomic E-state index is 0.0719. The zero-order chi connectivity index (χ0) is 25.4.